The van der Waals surface area contributed by atoms with E-state index in [0.717, 1.165) is 5.39 Å². The number of nitrogens with one attached hydrogen (secondary N) is 1. The van der Waals surface area contributed by atoms with Crippen LogP contribution in [0.4, 0.5) is 11.4 Å². The Balaban J connectivity index is 1.76. The van der Waals surface area contributed by atoms with Gasteiger partial charge in [-0.25, -0.2) is 0 Å². The van der Waals surface area contributed by atoms with E-state index in [1.807, 2.05) is 54.6 Å². The summed E-state index contributed by atoms with van der Waals surface area (Å²) < 4.78 is 1.59. The van der Waals surface area contributed by atoms with Crippen molar-refractivity contribution in [3.05, 3.63) is 110 Å². The maximum Gasteiger partial charge on any atom is 0.269 e. The highest BCUT2D eigenvalue weighted by atomic mass is 35.5. The van der Waals surface area contributed by atoms with Crippen LogP contribution in [0.25, 0.3) is 16.6 Å². The van der Waals surface area contributed by atoms with Gasteiger partial charge in [0.25, 0.3) is 11.2 Å². The first kappa shape index (κ1) is 19.4. The first-order valence-electron chi connectivity index (χ1n) is 8.98. The van der Waals surface area contributed by atoms with Gasteiger partial charge in [0, 0.05) is 23.2 Å². The lowest BCUT2D eigenvalue weighted by Gasteiger charge is -2.13. The van der Waals surface area contributed by atoms with Crippen LogP contribution in [0.5, 0.6) is 0 Å². The average Bonchev–Trinajstić information content (AvgIpc) is 2.77. The first-order valence-corrected chi connectivity index (χ1v) is 9.36. The molecule has 0 atom stereocenters. The fourth-order valence-electron chi connectivity index (χ4n) is 3.10. The molecule has 0 spiro atoms. The molecule has 0 unspecified atom stereocenters. The molecule has 0 saturated carbocycles. The Hall–Kier alpha value is -3.97. The monoisotopic (exact) mass is 418 g/mol. The number of anilines is 1. The predicted octanol–water partition coefficient (Wildman–Crippen LogP) is 5.00. The quantitative estimate of drug-likeness (QED) is 0.280. The normalized spacial score (nSPS) is 11.1. The number of aromatic nitrogens is 1. The highest BCUT2D eigenvalue weighted by Crippen LogP contribution is 2.26. The van der Waals surface area contributed by atoms with Crippen LogP contribution in [0.3, 0.4) is 0 Å². The second-order valence-corrected chi connectivity index (χ2v) is 6.77. The van der Waals surface area contributed by atoms with Crippen molar-refractivity contribution in [3.63, 3.8) is 0 Å². The van der Waals surface area contributed by atoms with Crippen LogP contribution >= 0.6 is 11.6 Å². The van der Waals surface area contributed by atoms with Gasteiger partial charge in [0.15, 0.2) is 0 Å². The van der Waals surface area contributed by atoms with Gasteiger partial charge in [0.1, 0.15) is 0 Å². The molecular weight excluding hydrogens is 404 g/mol. The van der Waals surface area contributed by atoms with Gasteiger partial charge in [-0.15, -0.1) is 0 Å². The summed E-state index contributed by atoms with van der Waals surface area (Å²) in [7, 11) is 0. The van der Waals surface area contributed by atoms with Crippen LogP contribution in [0.2, 0.25) is 5.02 Å². The molecule has 8 heteroatoms. The number of nitrogens with zero attached hydrogens (tertiary/aromatic N) is 3. The molecule has 7 nitrogen and oxygen atoms in total. The van der Waals surface area contributed by atoms with E-state index in [1.54, 1.807) is 4.57 Å². The number of halogens is 1. The lowest BCUT2D eigenvalue weighted by molar-refractivity contribution is -0.384. The molecule has 1 heterocycles. The van der Waals surface area contributed by atoms with E-state index in [4.69, 9.17) is 11.6 Å². The number of para-hydroxylation sites is 2. The van der Waals surface area contributed by atoms with Crippen LogP contribution in [-0.2, 0) is 0 Å². The molecule has 0 aliphatic heterocycles. The summed E-state index contributed by atoms with van der Waals surface area (Å²) in [6.07, 6.45) is 1.36. The van der Waals surface area contributed by atoms with E-state index >= 15 is 0 Å². The van der Waals surface area contributed by atoms with Crippen molar-refractivity contribution in [3.8, 4) is 5.69 Å². The van der Waals surface area contributed by atoms with Crippen molar-refractivity contribution in [2.75, 3.05) is 5.43 Å². The lowest BCUT2D eigenvalue weighted by Crippen LogP contribution is -2.23. The topological polar surface area (TPSA) is 89.5 Å². The molecule has 0 amide bonds. The summed E-state index contributed by atoms with van der Waals surface area (Å²) in [5.41, 5.74) is 4.61. The van der Waals surface area contributed by atoms with Gasteiger partial charge >= 0.3 is 0 Å². The largest absolute Gasteiger partial charge is 0.278 e. The Labute approximate surface area is 176 Å². The van der Waals surface area contributed by atoms with Crippen LogP contribution in [-0.4, -0.2) is 15.7 Å². The molecule has 4 rings (SSSR count). The summed E-state index contributed by atoms with van der Waals surface area (Å²) >= 11 is 6.54. The van der Waals surface area contributed by atoms with Gasteiger partial charge in [0.05, 0.1) is 32.9 Å². The van der Waals surface area contributed by atoms with Gasteiger partial charge in [-0.3, -0.25) is 24.9 Å². The molecule has 0 aliphatic rings. The van der Waals surface area contributed by atoms with Crippen molar-refractivity contribution in [1.82, 2.24) is 4.57 Å². The molecule has 0 radical (unpaired) electrons. The van der Waals surface area contributed by atoms with Crippen LogP contribution in [0, 0.1) is 10.1 Å². The molecule has 1 N–H and O–H groups in total. The number of nitro groups is 1. The molecule has 0 saturated heterocycles. The van der Waals surface area contributed by atoms with Gasteiger partial charge in [-0.1, -0.05) is 48.0 Å². The summed E-state index contributed by atoms with van der Waals surface area (Å²) in [5.74, 6) is 0. The minimum atomic E-state index is -0.478. The van der Waals surface area contributed by atoms with Gasteiger partial charge in [0.2, 0.25) is 0 Å². The van der Waals surface area contributed by atoms with E-state index in [0.29, 0.717) is 21.9 Å². The standard InChI is InChI=1S/C22H15ClN4O3/c23-21-18-8-4-5-9-20(18)26(16-6-2-1-3-7-16)22(28)19(21)14-24-25-15-10-12-17(13-11-15)27(29)30/h1-14,25H/b24-14+. The lowest BCUT2D eigenvalue weighted by atomic mass is 10.1. The Bertz CT molecular complexity index is 1320. The van der Waals surface area contributed by atoms with E-state index in [-0.39, 0.29) is 16.8 Å². The number of hydrogen-bond acceptors (Lipinski definition) is 5. The Morgan fingerprint density at radius 1 is 0.967 bits per heavy atom. The maximum atomic E-state index is 13.3. The molecule has 30 heavy (non-hydrogen) atoms. The highest BCUT2D eigenvalue weighted by Gasteiger charge is 2.15. The third-order valence-electron chi connectivity index (χ3n) is 4.53. The number of benzene rings is 3. The third kappa shape index (κ3) is 3.66. The molecule has 148 valence electrons. The number of nitro benzene ring substituents is 1. The fourth-order valence-corrected chi connectivity index (χ4v) is 3.39. The highest BCUT2D eigenvalue weighted by molar-refractivity contribution is 6.37. The Morgan fingerprint density at radius 3 is 2.33 bits per heavy atom. The van der Waals surface area contributed by atoms with Crippen molar-refractivity contribution in [1.29, 1.82) is 0 Å². The Morgan fingerprint density at radius 2 is 1.63 bits per heavy atom. The molecule has 3 aromatic carbocycles. The minimum Gasteiger partial charge on any atom is -0.278 e. The smallest absolute Gasteiger partial charge is 0.269 e. The zero-order valence-electron chi connectivity index (χ0n) is 15.5. The maximum absolute atomic E-state index is 13.3. The first-order chi connectivity index (χ1) is 14.6. The van der Waals surface area contributed by atoms with Crippen LogP contribution in [0.15, 0.2) is 88.8 Å². The predicted molar refractivity (Wildman–Crippen MR) is 119 cm³/mol. The second-order valence-electron chi connectivity index (χ2n) is 6.39. The van der Waals surface area contributed by atoms with E-state index in [9.17, 15) is 14.9 Å². The number of fused-ring (bicyclic) bond motifs is 1. The number of pyridine rings is 1. The summed E-state index contributed by atoms with van der Waals surface area (Å²) in [6, 6.07) is 22.4. The number of hydrazone groups is 1. The SMILES string of the molecule is O=c1c(/C=N/Nc2ccc([N+](=O)[O-])cc2)c(Cl)c2ccccc2n1-c1ccccc1. The summed E-state index contributed by atoms with van der Waals surface area (Å²) in [5, 5.41) is 15.9. The third-order valence-corrected chi connectivity index (χ3v) is 4.94. The minimum absolute atomic E-state index is 0.0205. The average molecular weight is 419 g/mol. The van der Waals surface area contributed by atoms with Crippen molar-refractivity contribution < 1.29 is 4.92 Å². The fraction of sp³-hybridized carbons (Fsp3) is 0. The summed E-state index contributed by atoms with van der Waals surface area (Å²) in [4.78, 5) is 23.5. The van der Waals surface area contributed by atoms with E-state index in [1.165, 1.54) is 30.5 Å². The number of non-ortho nitro benzene ring substituents is 1. The van der Waals surface area contributed by atoms with Crippen LogP contribution < -0.4 is 11.0 Å². The molecule has 0 fully saturated rings. The molecule has 1 aromatic heterocycles. The zero-order chi connectivity index (χ0) is 21.1. The second kappa shape index (κ2) is 8.18. The molecule has 4 aromatic rings. The zero-order valence-corrected chi connectivity index (χ0v) is 16.3. The molecular formula is C22H15ClN4O3. The van der Waals surface area contributed by atoms with Crippen molar-refractivity contribution in [2.45, 2.75) is 0 Å². The van der Waals surface area contributed by atoms with E-state index in [2.05, 4.69) is 10.5 Å². The number of hydrogen-bond donors (Lipinski definition) is 1. The molecule has 0 aliphatic carbocycles. The van der Waals surface area contributed by atoms with Gasteiger partial charge in [-0.05, 0) is 30.3 Å². The van der Waals surface area contributed by atoms with Gasteiger partial charge in [-0.2, -0.15) is 5.10 Å². The van der Waals surface area contributed by atoms with E-state index < -0.39 is 4.92 Å². The van der Waals surface area contributed by atoms with Crippen molar-refractivity contribution in [2.24, 2.45) is 5.10 Å². The summed E-state index contributed by atoms with van der Waals surface area (Å²) in [6.45, 7) is 0. The molecule has 0 bridgehead atoms. The van der Waals surface area contributed by atoms with Gasteiger partial charge < -0.3 is 0 Å². The Kier molecular flexibility index (Phi) is 5.28. The number of rotatable bonds is 5. The van der Waals surface area contributed by atoms with Crippen molar-refractivity contribution >= 4 is 40.1 Å². The van der Waals surface area contributed by atoms with Crippen LogP contribution in [0.1, 0.15) is 5.56 Å².